The molecule has 0 bridgehead atoms. The van der Waals surface area contributed by atoms with Gasteiger partial charge in [-0.25, -0.2) is 0 Å². The third-order valence-corrected chi connectivity index (χ3v) is 1.66. The largest absolute Gasteiger partial charge is 0.396 e. The Labute approximate surface area is 78.8 Å². The highest BCUT2D eigenvalue weighted by molar-refractivity contribution is 8.11. The predicted molar refractivity (Wildman–Crippen MR) is 55.1 cm³/mol. The molecule has 0 fully saturated rings. The number of aliphatic hydroxyl groups excluding tert-OH is 1. The summed E-state index contributed by atoms with van der Waals surface area (Å²) >= 11 is 8.63. The van der Waals surface area contributed by atoms with Crippen LogP contribution in [0.3, 0.4) is 0 Å². The molecule has 0 saturated heterocycles. The van der Waals surface area contributed by atoms with E-state index in [-0.39, 0.29) is 0 Å². The van der Waals surface area contributed by atoms with Crippen molar-refractivity contribution in [1.82, 2.24) is 5.32 Å². The Morgan fingerprint density at radius 3 is 2.45 bits per heavy atom. The monoisotopic (exact) mass is 193 g/mol. The van der Waals surface area contributed by atoms with Crippen LogP contribution in [0.2, 0.25) is 0 Å². The minimum atomic E-state index is 0.304. The van der Waals surface area contributed by atoms with Gasteiger partial charge in [0.15, 0.2) is 0 Å². The van der Waals surface area contributed by atoms with Crippen molar-refractivity contribution in [3.63, 3.8) is 0 Å². The van der Waals surface area contributed by atoms with Crippen LogP contribution in [0, 0.1) is 0 Å². The number of thiol groups is 1. The van der Waals surface area contributed by atoms with E-state index in [2.05, 4.69) is 17.9 Å². The molecule has 0 rings (SSSR count). The zero-order valence-electron chi connectivity index (χ0n) is 6.55. The fraction of sp³-hybridized carbons (Fsp3) is 0.857. The maximum absolute atomic E-state index is 8.46. The summed E-state index contributed by atoms with van der Waals surface area (Å²) in [4.78, 5) is 0. The lowest BCUT2D eigenvalue weighted by atomic mass is 10.2. The summed E-state index contributed by atoms with van der Waals surface area (Å²) in [5.74, 6) is 0. The van der Waals surface area contributed by atoms with Gasteiger partial charge in [0.1, 0.15) is 4.32 Å². The summed E-state index contributed by atoms with van der Waals surface area (Å²) in [6.45, 7) is 1.20. The topological polar surface area (TPSA) is 32.3 Å². The highest BCUT2D eigenvalue weighted by atomic mass is 32.1. The van der Waals surface area contributed by atoms with Gasteiger partial charge in [-0.1, -0.05) is 25.1 Å². The molecule has 11 heavy (non-hydrogen) atoms. The van der Waals surface area contributed by atoms with Crippen molar-refractivity contribution in [3.05, 3.63) is 0 Å². The second kappa shape index (κ2) is 8.30. The Bertz CT molecular complexity index is 109. The molecule has 0 aliphatic rings. The Morgan fingerprint density at radius 2 is 1.91 bits per heavy atom. The Balaban J connectivity index is 2.85. The number of hydrogen-bond acceptors (Lipinski definition) is 2. The molecule has 2 N–H and O–H groups in total. The summed E-state index contributed by atoms with van der Waals surface area (Å²) in [6, 6.07) is 0. The van der Waals surface area contributed by atoms with Gasteiger partial charge in [0.05, 0.1) is 0 Å². The predicted octanol–water partition coefficient (Wildman–Crippen LogP) is 1.34. The summed E-state index contributed by atoms with van der Waals surface area (Å²) in [6.07, 6.45) is 4.24. The standard InChI is InChI=1S/C7H15NOS2/c9-6-4-2-1-3-5-8-7(10)11/h9H,1-6H2,(H2,8,10,11). The van der Waals surface area contributed by atoms with Crippen LogP contribution < -0.4 is 5.32 Å². The van der Waals surface area contributed by atoms with Crippen LogP contribution in [0.25, 0.3) is 0 Å². The van der Waals surface area contributed by atoms with Crippen molar-refractivity contribution in [1.29, 1.82) is 0 Å². The first-order valence-corrected chi connectivity index (χ1v) is 4.70. The molecule has 0 saturated carbocycles. The average molecular weight is 193 g/mol. The van der Waals surface area contributed by atoms with Crippen LogP contribution in [0.4, 0.5) is 0 Å². The SMILES string of the molecule is OCCCCCCNC(=S)S. The first-order chi connectivity index (χ1) is 5.27. The Morgan fingerprint density at radius 1 is 1.27 bits per heavy atom. The second-order valence-electron chi connectivity index (χ2n) is 2.37. The molecule has 0 aliphatic heterocycles. The number of nitrogens with one attached hydrogen (secondary N) is 1. The van der Waals surface area contributed by atoms with Crippen LogP contribution >= 0.6 is 24.8 Å². The maximum atomic E-state index is 8.46. The van der Waals surface area contributed by atoms with E-state index in [4.69, 9.17) is 17.3 Å². The zero-order valence-corrected chi connectivity index (χ0v) is 8.26. The summed E-state index contributed by atoms with van der Waals surface area (Å²) in [5, 5.41) is 11.4. The third-order valence-electron chi connectivity index (χ3n) is 1.36. The third kappa shape index (κ3) is 10.2. The van der Waals surface area contributed by atoms with E-state index < -0.39 is 0 Å². The molecule has 0 aromatic heterocycles. The number of aliphatic hydroxyl groups is 1. The van der Waals surface area contributed by atoms with Crippen molar-refractivity contribution in [3.8, 4) is 0 Å². The molecule has 0 aliphatic carbocycles. The molecule has 0 atom stereocenters. The lowest BCUT2D eigenvalue weighted by Crippen LogP contribution is -2.17. The Hall–Kier alpha value is 0.200. The van der Waals surface area contributed by atoms with Gasteiger partial charge in [-0.2, -0.15) is 0 Å². The first kappa shape index (κ1) is 11.2. The molecular formula is C7H15NOS2. The number of thiocarbonyl (C=S) groups is 1. The minimum absolute atomic E-state index is 0.304. The number of unbranched alkanes of at least 4 members (excludes halogenated alkanes) is 3. The molecule has 0 unspecified atom stereocenters. The van der Waals surface area contributed by atoms with Crippen LogP contribution in [-0.4, -0.2) is 22.6 Å². The van der Waals surface area contributed by atoms with Gasteiger partial charge in [-0.15, -0.1) is 12.6 Å². The molecule has 0 radical (unpaired) electrons. The number of hydrogen-bond donors (Lipinski definition) is 3. The van der Waals surface area contributed by atoms with Crippen molar-refractivity contribution >= 4 is 29.2 Å². The Kier molecular flexibility index (Phi) is 8.45. The van der Waals surface area contributed by atoms with Crippen molar-refractivity contribution in [2.75, 3.05) is 13.2 Å². The van der Waals surface area contributed by atoms with Gasteiger partial charge in [-0.3, -0.25) is 0 Å². The average Bonchev–Trinajstić information content (AvgIpc) is 1.96. The molecule has 0 aromatic carbocycles. The van der Waals surface area contributed by atoms with Crippen LogP contribution in [-0.2, 0) is 0 Å². The fourth-order valence-corrected chi connectivity index (χ4v) is 1.000. The van der Waals surface area contributed by atoms with Crippen LogP contribution in [0.5, 0.6) is 0 Å². The summed E-state index contributed by atoms with van der Waals surface area (Å²) < 4.78 is 0.562. The van der Waals surface area contributed by atoms with E-state index in [1.165, 1.54) is 0 Å². The van der Waals surface area contributed by atoms with Gasteiger partial charge in [-0.05, 0) is 12.8 Å². The van der Waals surface area contributed by atoms with Gasteiger partial charge in [0.25, 0.3) is 0 Å². The lowest BCUT2D eigenvalue weighted by Gasteiger charge is -2.01. The van der Waals surface area contributed by atoms with Gasteiger partial charge < -0.3 is 10.4 Å². The molecule has 0 aromatic rings. The maximum Gasteiger partial charge on any atom is 0.130 e. The number of rotatable bonds is 6. The molecule has 0 spiro atoms. The normalized spacial score (nSPS) is 9.64. The molecule has 0 amide bonds. The quantitative estimate of drug-likeness (QED) is 0.338. The van der Waals surface area contributed by atoms with Gasteiger partial charge in [0, 0.05) is 13.2 Å². The molecular weight excluding hydrogens is 178 g/mol. The van der Waals surface area contributed by atoms with Gasteiger partial charge in [0.2, 0.25) is 0 Å². The molecule has 2 nitrogen and oxygen atoms in total. The fourth-order valence-electron chi connectivity index (χ4n) is 0.786. The summed E-state index contributed by atoms with van der Waals surface area (Å²) in [5.41, 5.74) is 0. The van der Waals surface area contributed by atoms with Crippen molar-refractivity contribution < 1.29 is 5.11 Å². The minimum Gasteiger partial charge on any atom is -0.396 e. The van der Waals surface area contributed by atoms with E-state index >= 15 is 0 Å². The first-order valence-electron chi connectivity index (χ1n) is 3.85. The second-order valence-corrected chi connectivity index (χ2v) is 3.53. The highest BCUT2D eigenvalue weighted by Gasteiger charge is 1.89. The van der Waals surface area contributed by atoms with Crippen LogP contribution in [0.1, 0.15) is 25.7 Å². The van der Waals surface area contributed by atoms with Crippen LogP contribution in [0.15, 0.2) is 0 Å². The van der Waals surface area contributed by atoms with E-state index in [0.29, 0.717) is 10.9 Å². The van der Waals surface area contributed by atoms with E-state index in [1.54, 1.807) is 0 Å². The molecule has 0 heterocycles. The van der Waals surface area contributed by atoms with E-state index in [1.807, 2.05) is 0 Å². The smallest absolute Gasteiger partial charge is 0.130 e. The van der Waals surface area contributed by atoms with E-state index in [9.17, 15) is 0 Å². The summed E-state index contributed by atoms with van der Waals surface area (Å²) in [7, 11) is 0. The zero-order chi connectivity index (χ0) is 8.53. The van der Waals surface area contributed by atoms with Crippen molar-refractivity contribution in [2.24, 2.45) is 0 Å². The van der Waals surface area contributed by atoms with Crippen molar-refractivity contribution in [2.45, 2.75) is 25.7 Å². The van der Waals surface area contributed by atoms with Gasteiger partial charge >= 0.3 is 0 Å². The highest BCUT2D eigenvalue weighted by Crippen LogP contribution is 1.97. The molecule has 4 heteroatoms. The lowest BCUT2D eigenvalue weighted by molar-refractivity contribution is 0.282. The van der Waals surface area contributed by atoms with E-state index in [0.717, 1.165) is 32.2 Å². The molecule has 66 valence electrons.